The molecule has 5 heteroatoms. The van der Waals surface area contributed by atoms with Gasteiger partial charge in [-0.1, -0.05) is 6.92 Å². The van der Waals surface area contributed by atoms with Crippen molar-refractivity contribution in [3.8, 4) is 0 Å². The number of alkyl halides is 1. The van der Waals surface area contributed by atoms with E-state index >= 15 is 0 Å². The molecule has 0 aliphatic rings. The molecule has 96 valence electrons. The largest absolute Gasteiger partial charge is 0.454 e. The Balaban J connectivity index is 2.31. The van der Waals surface area contributed by atoms with Gasteiger partial charge < -0.3 is 9.73 Å². The third-order valence-electron chi connectivity index (χ3n) is 2.12. The molecule has 0 radical (unpaired) electrons. The summed E-state index contributed by atoms with van der Waals surface area (Å²) < 4.78 is 5.33. The van der Waals surface area contributed by atoms with E-state index in [-0.39, 0.29) is 11.3 Å². The minimum atomic E-state index is -0.211. The molecule has 1 amide bonds. The molecule has 1 heterocycles. The van der Waals surface area contributed by atoms with Crippen LogP contribution in [0.2, 0.25) is 0 Å². The number of nitrogens with one attached hydrogen (secondary N) is 1. The van der Waals surface area contributed by atoms with Crippen molar-refractivity contribution in [1.82, 2.24) is 5.32 Å². The second-order valence-electron chi connectivity index (χ2n) is 3.69. The average Bonchev–Trinajstić information content (AvgIpc) is 2.78. The van der Waals surface area contributed by atoms with Gasteiger partial charge in [0.25, 0.3) is 5.91 Å². The Bertz CT molecular complexity index is 352. The Labute approximate surface area is 111 Å². The summed E-state index contributed by atoms with van der Waals surface area (Å²) in [6.07, 6.45) is 1.16. The molecule has 1 rings (SSSR count). The highest BCUT2D eigenvalue weighted by Gasteiger charge is 2.12. The Morgan fingerprint density at radius 3 is 2.88 bits per heavy atom. The van der Waals surface area contributed by atoms with E-state index in [9.17, 15) is 4.79 Å². The number of carbonyl (C=O) groups is 1. The molecule has 1 aromatic heterocycles. The van der Waals surface area contributed by atoms with Gasteiger partial charge in [0.05, 0.1) is 5.38 Å². The number of furan rings is 1. The van der Waals surface area contributed by atoms with E-state index in [4.69, 9.17) is 16.0 Å². The number of hydrogen-bond acceptors (Lipinski definition) is 3. The Kier molecular flexibility index (Phi) is 6.52. The van der Waals surface area contributed by atoms with Crippen molar-refractivity contribution in [2.45, 2.75) is 25.6 Å². The minimum Gasteiger partial charge on any atom is -0.454 e. The number of carbonyl (C=O) groups excluding carboxylic acids is 1. The number of thioether (sulfide) groups is 1. The highest BCUT2D eigenvalue weighted by atomic mass is 35.5. The van der Waals surface area contributed by atoms with Gasteiger partial charge in [-0.3, -0.25) is 4.79 Å². The van der Waals surface area contributed by atoms with E-state index in [1.165, 1.54) is 0 Å². The van der Waals surface area contributed by atoms with Crippen LogP contribution in [0.25, 0.3) is 0 Å². The van der Waals surface area contributed by atoms with Gasteiger partial charge in [-0.25, -0.2) is 0 Å². The van der Waals surface area contributed by atoms with Crippen molar-refractivity contribution in [2.75, 3.05) is 18.1 Å². The molecule has 1 N–H and O–H groups in total. The van der Waals surface area contributed by atoms with Crippen LogP contribution in [0.5, 0.6) is 0 Å². The first-order valence-corrected chi connectivity index (χ1v) is 7.34. The number of rotatable bonds is 7. The van der Waals surface area contributed by atoms with Crippen LogP contribution in [-0.2, 0) is 0 Å². The van der Waals surface area contributed by atoms with Gasteiger partial charge in [-0.15, -0.1) is 11.6 Å². The van der Waals surface area contributed by atoms with E-state index in [0.717, 1.165) is 17.9 Å². The zero-order chi connectivity index (χ0) is 12.7. The molecule has 0 saturated heterocycles. The van der Waals surface area contributed by atoms with Gasteiger partial charge in [-0.2, -0.15) is 11.8 Å². The highest BCUT2D eigenvalue weighted by Crippen LogP contribution is 2.21. The smallest absolute Gasteiger partial charge is 0.287 e. The summed E-state index contributed by atoms with van der Waals surface area (Å²) in [5.74, 6) is 2.83. The van der Waals surface area contributed by atoms with Crippen molar-refractivity contribution in [1.29, 1.82) is 0 Å². The maximum atomic E-state index is 11.7. The Morgan fingerprint density at radius 1 is 1.53 bits per heavy atom. The lowest BCUT2D eigenvalue weighted by atomic mass is 10.3. The summed E-state index contributed by atoms with van der Waals surface area (Å²) in [7, 11) is 0. The summed E-state index contributed by atoms with van der Waals surface area (Å²) >= 11 is 7.69. The van der Waals surface area contributed by atoms with Crippen LogP contribution in [0.3, 0.4) is 0 Å². The van der Waals surface area contributed by atoms with E-state index in [1.54, 1.807) is 12.1 Å². The monoisotopic (exact) mass is 275 g/mol. The SMILES string of the molecule is CCCSCCNC(=O)c1ccc(C(C)Cl)o1. The predicted molar refractivity (Wildman–Crippen MR) is 72.9 cm³/mol. The summed E-state index contributed by atoms with van der Waals surface area (Å²) in [4.78, 5) is 11.7. The van der Waals surface area contributed by atoms with Crippen LogP contribution >= 0.6 is 23.4 Å². The number of halogens is 1. The first-order valence-electron chi connectivity index (χ1n) is 5.75. The first-order chi connectivity index (χ1) is 8.15. The average molecular weight is 276 g/mol. The van der Waals surface area contributed by atoms with Crippen LogP contribution in [0.4, 0.5) is 0 Å². The lowest BCUT2D eigenvalue weighted by Crippen LogP contribution is -2.25. The topological polar surface area (TPSA) is 42.2 Å². The normalized spacial score (nSPS) is 12.4. The molecule has 0 spiro atoms. The van der Waals surface area contributed by atoms with Crippen LogP contribution < -0.4 is 5.32 Å². The first kappa shape index (κ1) is 14.5. The van der Waals surface area contributed by atoms with Crippen molar-refractivity contribution in [3.05, 3.63) is 23.7 Å². The molecule has 0 aliphatic carbocycles. The number of hydrogen-bond donors (Lipinski definition) is 1. The summed E-state index contributed by atoms with van der Waals surface area (Å²) in [6.45, 7) is 4.61. The summed E-state index contributed by atoms with van der Waals surface area (Å²) in [5.41, 5.74) is 0. The third kappa shape index (κ3) is 5.04. The molecule has 0 aromatic carbocycles. The van der Waals surface area contributed by atoms with Gasteiger partial charge in [0, 0.05) is 12.3 Å². The predicted octanol–water partition coefficient (Wildman–Crippen LogP) is 3.45. The summed E-state index contributed by atoms with van der Waals surface area (Å²) in [5, 5.41) is 2.60. The van der Waals surface area contributed by atoms with Gasteiger partial charge in [-0.05, 0) is 31.2 Å². The molecule has 1 aromatic rings. The molecule has 0 fully saturated rings. The molecule has 1 atom stereocenters. The van der Waals surface area contributed by atoms with Crippen molar-refractivity contribution < 1.29 is 9.21 Å². The molecular weight excluding hydrogens is 258 g/mol. The maximum Gasteiger partial charge on any atom is 0.287 e. The molecule has 3 nitrogen and oxygen atoms in total. The maximum absolute atomic E-state index is 11.7. The highest BCUT2D eigenvalue weighted by molar-refractivity contribution is 7.99. The third-order valence-corrected chi connectivity index (χ3v) is 3.53. The van der Waals surface area contributed by atoms with Gasteiger partial charge in [0.2, 0.25) is 0 Å². The standard InChI is InChI=1S/C12H18ClNO2S/c1-3-7-17-8-6-14-12(15)11-5-4-10(16-11)9(2)13/h4-5,9H,3,6-8H2,1-2H3,(H,14,15). The minimum absolute atomic E-state index is 0.175. The zero-order valence-electron chi connectivity index (χ0n) is 10.2. The van der Waals surface area contributed by atoms with E-state index in [0.29, 0.717) is 18.1 Å². The van der Waals surface area contributed by atoms with Gasteiger partial charge in [0.15, 0.2) is 5.76 Å². The fourth-order valence-electron chi connectivity index (χ4n) is 1.26. The second-order valence-corrected chi connectivity index (χ2v) is 5.57. The lowest BCUT2D eigenvalue weighted by molar-refractivity contribution is 0.0927. The van der Waals surface area contributed by atoms with Crippen LogP contribution in [0, 0.1) is 0 Å². The van der Waals surface area contributed by atoms with E-state index < -0.39 is 0 Å². The molecule has 0 saturated carbocycles. The quantitative estimate of drug-likeness (QED) is 0.612. The molecule has 17 heavy (non-hydrogen) atoms. The van der Waals surface area contributed by atoms with Crippen LogP contribution in [0.15, 0.2) is 16.5 Å². The Morgan fingerprint density at radius 2 is 2.29 bits per heavy atom. The molecule has 0 aliphatic heterocycles. The van der Waals surface area contributed by atoms with E-state index in [1.807, 2.05) is 18.7 Å². The van der Waals surface area contributed by atoms with Crippen molar-refractivity contribution in [2.24, 2.45) is 0 Å². The second kappa shape index (κ2) is 7.67. The lowest BCUT2D eigenvalue weighted by Gasteiger charge is -2.02. The van der Waals surface area contributed by atoms with Crippen LogP contribution in [-0.4, -0.2) is 24.0 Å². The number of amides is 1. The van der Waals surface area contributed by atoms with Crippen molar-refractivity contribution >= 4 is 29.3 Å². The zero-order valence-corrected chi connectivity index (χ0v) is 11.7. The van der Waals surface area contributed by atoms with E-state index in [2.05, 4.69) is 12.2 Å². The Hall–Kier alpha value is -0.610. The fourth-order valence-corrected chi connectivity index (χ4v) is 2.12. The summed E-state index contributed by atoms with van der Waals surface area (Å²) in [6, 6.07) is 3.39. The van der Waals surface area contributed by atoms with Gasteiger partial charge >= 0.3 is 0 Å². The molecular formula is C12H18ClNO2S. The molecule has 1 unspecified atom stereocenters. The van der Waals surface area contributed by atoms with Gasteiger partial charge in [0.1, 0.15) is 5.76 Å². The van der Waals surface area contributed by atoms with Crippen LogP contribution in [0.1, 0.15) is 42.0 Å². The van der Waals surface area contributed by atoms with Crippen molar-refractivity contribution in [3.63, 3.8) is 0 Å². The molecule has 0 bridgehead atoms. The fraction of sp³-hybridized carbons (Fsp3) is 0.583.